The Morgan fingerprint density at radius 3 is 2.47 bits per heavy atom. The molecule has 204 valence electrons. The molecular formula is C29H35Cl3N4O2. The number of piperazine rings is 1. The standard InChI is InChI=1S/C29H34Cl2N4O2.ClH/c1-18(36)24-16-32-27-7-6-20(21-14-25(30)29(37)26(31)15-21)13-23(27)28(24)33-22-5-3-4-19(12-22)17-35-10-8-34(2)9-11-35;/h6-7,13-16,19,22,37H,3-5,8-12,17H2,1-2H3,(H,32,33);1H/t19-,22+;/m1./s1. The predicted molar refractivity (Wildman–Crippen MR) is 159 cm³/mol. The number of nitrogens with one attached hydrogen (secondary N) is 1. The highest BCUT2D eigenvalue weighted by molar-refractivity contribution is 6.37. The predicted octanol–water partition coefficient (Wildman–Crippen LogP) is 6.76. The summed E-state index contributed by atoms with van der Waals surface area (Å²) in [6, 6.07) is 9.63. The Balaban J connectivity index is 0.00000336. The lowest BCUT2D eigenvalue weighted by atomic mass is 9.84. The van der Waals surface area contributed by atoms with E-state index in [9.17, 15) is 9.90 Å². The Morgan fingerprint density at radius 2 is 1.79 bits per heavy atom. The number of pyridine rings is 1. The number of hydrogen-bond acceptors (Lipinski definition) is 6. The molecule has 9 heteroatoms. The third-order valence-electron chi connectivity index (χ3n) is 7.84. The molecule has 0 spiro atoms. The summed E-state index contributed by atoms with van der Waals surface area (Å²) >= 11 is 12.4. The number of Topliss-reactive ketones (excluding diaryl/α,β-unsaturated/α-hetero) is 1. The molecule has 2 heterocycles. The van der Waals surface area contributed by atoms with Crippen molar-refractivity contribution >= 4 is 58.0 Å². The molecule has 2 aliphatic rings. The van der Waals surface area contributed by atoms with Gasteiger partial charge in [-0.25, -0.2) is 0 Å². The van der Waals surface area contributed by atoms with E-state index in [0.717, 1.165) is 73.3 Å². The fourth-order valence-corrected chi connectivity index (χ4v) is 6.20. The molecule has 2 N–H and O–H groups in total. The molecule has 0 radical (unpaired) electrons. The maximum absolute atomic E-state index is 12.6. The number of carbonyl (C=O) groups excluding carboxylic acids is 1. The average Bonchev–Trinajstić information content (AvgIpc) is 2.88. The zero-order valence-corrected chi connectivity index (χ0v) is 24.2. The maximum Gasteiger partial charge on any atom is 0.163 e. The van der Waals surface area contributed by atoms with E-state index in [1.54, 1.807) is 25.3 Å². The third-order valence-corrected chi connectivity index (χ3v) is 8.42. The first-order valence-electron chi connectivity index (χ1n) is 13.1. The summed E-state index contributed by atoms with van der Waals surface area (Å²) in [6.07, 6.45) is 6.31. The number of benzene rings is 2. The van der Waals surface area contributed by atoms with E-state index in [1.807, 2.05) is 18.2 Å². The number of anilines is 1. The average molecular weight is 578 g/mol. The van der Waals surface area contributed by atoms with Gasteiger partial charge in [-0.2, -0.15) is 0 Å². The molecule has 1 aliphatic heterocycles. The van der Waals surface area contributed by atoms with Crippen molar-refractivity contribution in [2.24, 2.45) is 5.92 Å². The van der Waals surface area contributed by atoms with Crippen molar-refractivity contribution in [2.75, 3.05) is 45.1 Å². The van der Waals surface area contributed by atoms with Gasteiger partial charge in [-0.1, -0.05) is 35.7 Å². The normalized spacial score (nSPS) is 20.7. The first kappa shape index (κ1) is 28.9. The van der Waals surface area contributed by atoms with Gasteiger partial charge in [0.05, 0.1) is 26.8 Å². The second-order valence-electron chi connectivity index (χ2n) is 10.6. The summed E-state index contributed by atoms with van der Waals surface area (Å²) < 4.78 is 0. The van der Waals surface area contributed by atoms with Gasteiger partial charge in [0, 0.05) is 50.3 Å². The first-order valence-corrected chi connectivity index (χ1v) is 13.8. The zero-order chi connectivity index (χ0) is 26.1. The number of likely N-dealkylation sites (N-methyl/N-ethyl adjacent to an activating group) is 1. The van der Waals surface area contributed by atoms with E-state index in [2.05, 4.69) is 27.1 Å². The Morgan fingerprint density at radius 1 is 1.08 bits per heavy atom. The number of aromatic nitrogens is 1. The first-order chi connectivity index (χ1) is 17.8. The van der Waals surface area contributed by atoms with Gasteiger partial charge in [0.2, 0.25) is 0 Å². The number of hydrogen-bond donors (Lipinski definition) is 2. The Labute approximate surface area is 240 Å². The summed E-state index contributed by atoms with van der Waals surface area (Å²) in [5.41, 5.74) is 3.95. The molecule has 3 aromatic rings. The lowest BCUT2D eigenvalue weighted by Gasteiger charge is -2.37. The Hall–Kier alpha value is -2.09. The van der Waals surface area contributed by atoms with Gasteiger partial charge >= 0.3 is 0 Å². The molecule has 0 unspecified atom stereocenters. The number of phenolic OH excluding ortho intramolecular Hbond substituents is 1. The molecule has 0 amide bonds. The van der Waals surface area contributed by atoms with E-state index in [4.69, 9.17) is 23.2 Å². The van der Waals surface area contributed by atoms with Crippen LogP contribution in [0.15, 0.2) is 36.5 Å². The fraction of sp³-hybridized carbons (Fsp3) is 0.448. The van der Waals surface area contributed by atoms with Crippen molar-refractivity contribution in [3.63, 3.8) is 0 Å². The van der Waals surface area contributed by atoms with Gasteiger partial charge in [0.1, 0.15) is 0 Å². The van der Waals surface area contributed by atoms with Crippen LogP contribution in [-0.2, 0) is 0 Å². The number of fused-ring (bicyclic) bond motifs is 1. The summed E-state index contributed by atoms with van der Waals surface area (Å²) in [5.74, 6) is 0.516. The molecule has 1 saturated heterocycles. The molecule has 6 nitrogen and oxygen atoms in total. The van der Waals surface area contributed by atoms with Crippen LogP contribution in [0.5, 0.6) is 5.75 Å². The number of carbonyl (C=O) groups is 1. The van der Waals surface area contributed by atoms with E-state index < -0.39 is 0 Å². The fourth-order valence-electron chi connectivity index (χ4n) is 5.71. The summed E-state index contributed by atoms with van der Waals surface area (Å²) in [5, 5.41) is 15.1. The molecule has 2 atom stereocenters. The van der Waals surface area contributed by atoms with Crippen LogP contribution in [0.4, 0.5) is 5.69 Å². The minimum atomic E-state index is -0.126. The van der Waals surface area contributed by atoms with Crippen molar-refractivity contribution in [3.05, 3.63) is 52.1 Å². The van der Waals surface area contributed by atoms with E-state index in [-0.39, 0.29) is 34.0 Å². The Bertz CT molecular complexity index is 1290. The van der Waals surface area contributed by atoms with Crippen LogP contribution >= 0.6 is 35.6 Å². The molecule has 5 rings (SSSR count). The number of rotatable bonds is 6. The number of aromatic hydroxyl groups is 1. The second-order valence-corrected chi connectivity index (χ2v) is 11.4. The van der Waals surface area contributed by atoms with Crippen molar-refractivity contribution in [1.29, 1.82) is 0 Å². The van der Waals surface area contributed by atoms with Crippen molar-refractivity contribution in [2.45, 2.75) is 38.6 Å². The van der Waals surface area contributed by atoms with Gasteiger partial charge in [0.25, 0.3) is 0 Å². The summed E-state index contributed by atoms with van der Waals surface area (Å²) in [6.45, 7) is 7.30. The molecule has 1 saturated carbocycles. The van der Waals surface area contributed by atoms with Gasteiger partial charge in [-0.15, -0.1) is 12.4 Å². The lowest BCUT2D eigenvalue weighted by Crippen LogP contribution is -2.46. The van der Waals surface area contributed by atoms with E-state index in [0.29, 0.717) is 17.5 Å². The van der Waals surface area contributed by atoms with Crippen LogP contribution in [0, 0.1) is 5.92 Å². The monoisotopic (exact) mass is 576 g/mol. The largest absolute Gasteiger partial charge is 0.505 e. The van der Waals surface area contributed by atoms with Crippen molar-refractivity contribution in [3.8, 4) is 16.9 Å². The highest BCUT2D eigenvalue weighted by Gasteiger charge is 2.26. The minimum Gasteiger partial charge on any atom is -0.505 e. The van der Waals surface area contributed by atoms with Crippen LogP contribution in [0.25, 0.3) is 22.0 Å². The molecular weight excluding hydrogens is 543 g/mol. The lowest BCUT2D eigenvalue weighted by molar-refractivity contribution is 0.101. The third kappa shape index (κ3) is 6.37. The highest BCUT2D eigenvalue weighted by atomic mass is 35.5. The maximum atomic E-state index is 12.6. The highest BCUT2D eigenvalue weighted by Crippen LogP contribution is 2.39. The number of phenols is 1. The molecule has 2 aromatic carbocycles. The van der Waals surface area contributed by atoms with Crippen LogP contribution in [-0.4, -0.2) is 71.5 Å². The van der Waals surface area contributed by atoms with Gasteiger partial charge in [0.15, 0.2) is 11.5 Å². The summed E-state index contributed by atoms with van der Waals surface area (Å²) in [4.78, 5) is 22.2. The molecule has 38 heavy (non-hydrogen) atoms. The van der Waals surface area contributed by atoms with Gasteiger partial charge in [-0.3, -0.25) is 9.78 Å². The van der Waals surface area contributed by atoms with Crippen molar-refractivity contribution < 1.29 is 9.90 Å². The van der Waals surface area contributed by atoms with Gasteiger partial charge in [-0.05, 0) is 74.5 Å². The SMILES string of the molecule is CC(=O)c1cnc2ccc(-c3cc(Cl)c(O)c(Cl)c3)cc2c1N[C@H]1CCC[C@@H](CN2CCN(C)CC2)C1.Cl. The topological polar surface area (TPSA) is 68.7 Å². The smallest absolute Gasteiger partial charge is 0.163 e. The second kappa shape index (κ2) is 12.4. The van der Waals surface area contributed by atoms with Crippen LogP contribution in [0.3, 0.4) is 0 Å². The quantitative estimate of drug-likeness (QED) is 0.316. The molecule has 1 aromatic heterocycles. The Kier molecular flexibility index (Phi) is 9.43. The zero-order valence-electron chi connectivity index (χ0n) is 21.8. The molecule has 0 bridgehead atoms. The van der Waals surface area contributed by atoms with Crippen LogP contribution in [0.2, 0.25) is 10.0 Å². The van der Waals surface area contributed by atoms with E-state index >= 15 is 0 Å². The van der Waals surface area contributed by atoms with Gasteiger partial charge < -0.3 is 20.2 Å². The summed E-state index contributed by atoms with van der Waals surface area (Å²) in [7, 11) is 2.19. The number of ketones is 1. The van der Waals surface area contributed by atoms with E-state index in [1.165, 1.54) is 12.8 Å². The minimum absolute atomic E-state index is 0. The van der Waals surface area contributed by atoms with Crippen LogP contribution < -0.4 is 5.32 Å². The van der Waals surface area contributed by atoms with Crippen molar-refractivity contribution in [1.82, 2.24) is 14.8 Å². The van der Waals surface area contributed by atoms with Crippen LogP contribution in [0.1, 0.15) is 43.0 Å². The molecule has 2 fully saturated rings. The number of nitrogens with zero attached hydrogens (tertiary/aromatic N) is 3. The molecule has 1 aliphatic carbocycles. The number of halogens is 3.